The van der Waals surface area contributed by atoms with Gasteiger partial charge in [0.25, 0.3) is 0 Å². The Bertz CT molecular complexity index is 1330. The molecule has 0 N–H and O–H groups in total. The molecule has 1 aliphatic rings. The molecule has 4 aromatic rings. The number of rotatable bonds is 11. The van der Waals surface area contributed by atoms with Crippen molar-refractivity contribution in [3.8, 4) is 22.8 Å². The van der Waals surface area contributed by atoms with Gasteiger partial charge in [-0.25, -0.2) is 4.98 Å². The van der Waals surface area contributed by atoms with Crippen molar-refractivity contribution in [2.24, 2.45) is 0 Å². The van der Waals surface area contributed by atoms with Crippen molar-refractivity contribution >= 4 is 22.2 Å². The third kappa shape index (κ3) is 5.97. The summed E-state index contributed by atoms with van der Waals surface area (Å²) in [5.74, 6) is 1.68. The highest BCUT2D eigenvalue weighted by molar-refractivity contribution is 7.15. The van der Waals surface area contributed by atoms with E-state index in [1.807, 2.05) is 47.5 Å². The minimum atomic E-state index is 0.128. The standard InChI is InChI=1S/C29H33N3O4S/c1-34-23-11-12-27(35-2)25(17-23)26-19-32-22(20-37-29(32)30-26)14-15-31(18-24-9-6-16-36-24)28(33)13-10-21-7-4-3-5-8-21/h3-5,7-8,11-12,17,19-20,24H,6,9-10,13-16,18H2,1-2H3. The van der Waals surface area contributed by atoms with E-state index >= 15 is 0 Å². The van der Waals surface area contributed by atoms with Crippen LogP contribution in [0.2, 0.25) is 0 Å². The van der Waals surface area contributed by atoms with Crippen LogP contribution in [-0.4, -0.2) is 60.2 Å². The fraction of sp³-hybridized carbons (Fsp3) is 0.379. The van der Waals surface area contributed by atoms with Crippen LogP contribution in [0.3, 0.4) is 0 Å². The first-order valence-corrected chi connectivity index (χ1v) is 13.6. The van der Waals surface area contributed by atoms with Gasteiger partial charge in [0.05, 0.1) is 26.0 Å². The van der Waals surface area contributed by atoms with Crippen LogP contribution in [0.15, 0.2) is 60.1 Å². The van der Waals surface area contributed by atoms with E-state index in [4.69, 9.17) is 19.2 Å². The molecule has 7 nitrogen and oxygen atoms in total. The van der Waals surface area contributed by atoms with E-state index < -0.39 is 0 Å². The molecule has 1 atom stereocenters. The van der Waals surface area contributed by atoms with E-state index in [0.717, 1.165) is 65.7 Å². The minimum absolute atomic E-state index is 0.128. The number of imidazole rings is 1. The molecule has 1 unspecified atom stereocenters. The fourth-order valence-electron chi connectivity index (χ4n) is 4.81. The van der Waals surface area contributed by atoms with Gasteiger partial charge in [0.1, 0.15) is 11.5 Å². The Morgan fingerprint density at radius 1 is 1.16 bits per heavy atom. The first-order valence-electron chi connectivity index (χ1n) is 12.8. The highest BCUT2D eigenvalue weighted by Gasteiger charge is 2.23. The first-order chi connectivity index (χ1) is 18.1. The van der Waals surface area contributed by atoms with Gasteiger partial charge >= 0.3 is 0 Å². The number of carbonyl (C=O) groups excluding carboxylic acids is 1. The Hall–Kier alpha value is -3.36. The van der Waals surface area contributed by atoms with Crippen molar-refractivity contribution in [2.75, 3.05) is 33.9 Å². The molecule has 37 heavy (non-hydrogen) atoms. The van der Waals surface area contributed by atoms with Gasteiger partial charge in [-0.15, -0.1) is 11.3 Å². The van der Waals surface area contributed by atoms with E-state index in [2.05, 4.69) is 21.9 Å². The summed E-state index contributed by atoms with van der Waals surface area (Å²) in [6, 6.07) is 15.9. The molecule has 0 spiro atoms. The summed E-state index contributed by atoms with van der Waals surface area (Å²) in [5.41, 5.74) is 4.04. The smallest absolute Gasteiger partial charge is 0.223 e. The Labute approximate surface area is 221 Å². The molecule has 2 aromatic heterocycles. The second-order valence-corrected chi connectivity index (χ2v) is 10.1. The first kappa shape index (κ1) is 25.3. The molecule has 1 amide bonds. The van der Waals surface area contributed by atoms with Crippen molar-refractivity contribution < 1.29 is 19.0 Å². The van der Waals surface area contributed by atoms with E-state index in [1.54, 1.807) is 25.6 Å². The summed E-state index contributed by atoms with van der Waals surface area (Å²) in [6.07, 6.45) is 6.24. The van der Waals surface area contributed by atoms with Crippen LogP contribution in [0, 0.1) is 0 Å². The second-order valence-electron chi connectivity index (χ2n) is 9.28. The Morgan fingerprint density at radius 2 is 2.03 bits per heavy atom. The molecule has 194 valence electrons. The topological polar surface area (TPSA) is 65.3 Å². The van der Waals surface area contributed by atoms with Gasteiger partial charge in [-0.2, -0.15) is 0 Å². The predicted molar refractivity (Wildman–Crippen MR) is 146 cm³/mol. The average molecular weight is 520 g/mol. The van der Waals surface area contributed by atoms with Crippen LogP contribution < -0.4 is 9.47 Å². The molecule has 8 heteroatoms. The van der Waals surface area contributed by atoms with Gasteiger partial charge in [-0.05, 0) is 43.0 Å². The van der Waals surface area contributed by atoms with Crippen LogP contribution in [0.1, 0.15) is 30.5 Å². The zero-order valence-electron chi connectivity index (χ0n) is 21.4. The van der Waals surface area contributed by atoms with Crippen LogP contribution in [-0.2, 0) is 22.4 Å². The molecule has 2 aromatic carbocycles. The van der Waals surface area contributed by atoms with E-state index in [0.29, 0.717) is 19.5 Å². The average Bonchev–Trinajstić information content (AvgIpc) is 3.68. The quantitative estimate of drug-likeness (QED) is 0.270. The summed E-state index contributed by atoms with van der Waals surface area (Å²) in [5, 5.41) is 2.13. The maximum absolute atomic E-state index is 13.3. The number of methoxy groups -OCH3 is 2. The molecule has 0 aliphatic carbocycles. The van der Waals surface area contributed by atoms with Crippen LogP contribution >= 0.6 is 11.3 Å². The molecule has 1 aliphatic heterocycles. The molecular weight excluding hydrogens is 486 g/mol. The van der Waals surface area contributed by atoms with Gasteiger partial charge in [0.2, 0.25) is 5.91 Å². The summed E-state index contributed by atoms with van der Waals surface area (Å²) in [7, 11) is 3.31. The minimum Gasteiger partial charge on any atom is -0.497 e. The predicted octanol–water partition coefficient (Wildman–Crippen LogP) is 5.26. The molecule has 5 rings (SSSR count). The molecule has 3 heterocycles. The number of amides is 1. The van der Waals surface area contributed by atoms with E-state index in [1.165, 1.54) is 5.56 Å². The van der Waals surface area contributed by atoms with Gasteiger partial charge in [-0.3, -0.25) is 9.20 Å². The lowest BCUT2D eigenvalue weighted by Gasteiger charge is -2.25. The third-order valence-corrected chi connectivity index (χ3v) is 7.76. The lowest BCUT2D eigenvalue weighted by atomic mass is 10.1. The molecule has 1 fully saturated rings. The largest absolute Gasteiger partial charge is 0.497 e. The van der Waals surface area contributed by atoms with Crippen molar-refractivity contribution in [1.82, 2.24) is 14.3 Å². The zero-order chi connectivity index (χ0) is 25.6. The Morgan fingerprint density at radius 3 is 2.78 bits per heavy atom. The number of hydrogen-bond donors (Lipinski definition) is 0. The monoisotopic (exact) mass is 519 g/mol. The van der Waals surface area contributed by atoms with Gasteiger partial charge in [-0.1, -0.05) is 30.3 Å². The Kier molecular flexibility index (Phi) is 8.06. The lowest BCUT2D eigenvalue weighted by Crippen LogP contribution is -2.39. The van der Waals surface area contributed by atoms with Crippen LogP contribution in [0.25, 0.3) is 16.2 Å². The molecule has 0 bridgehead atoms. The van der Waals surface area contributed by atoms with Gasteiger partial charge in [0.15, 0.2) is 4.96 Å². The molecular formula is C29H33N3O4S. The van der Waals surface area contributed by atoms with Gasteiger partial charge < -0.3 is 19.1 Å². The number of thiazole rings is 1. The Balaban J connectivity index is 1.31. The third-order valence-electron chi connectivity index (χ3n) is 6.87. The number of aryl methyl sites for hydroxylation is 1. The summed E-state index contributed by atoms with van der Waals surface area (Å²) >= 11 is 1.61. The maximum Gasteiger partial charge on any atom is 0.223 e. The number of benzene rings is 2. The normalized spacial score (nSPS) is 15.2. The van der Waals surface area contributed by atoms with Crippen LogP contribution in [0.5, 0.6) is 11.5 Å². The van der Waals surface area contributed by atoms with Crippen molar-refractivity contribution in [1.29, 1.82) is 0 Å². The highest BCUT2D eigenvalue weighted by atomic mass is 32.1. The number of carbonyl (C=O) groups is 1. The molecule has 1 saturated heterocycles. The molecule has 0 radical (unpaired) electrons. The zero-order valence-corrected chi connectivity index (χ0v) is 22.2. The van der Waals surface area contributed by atoms with Gasteiger partial charge in [0, 0.05) is 55.4 Å². The number of nitrogens with zero attached hydrogens (tertiary/aromatic N) is 3. The summed E-state index contributed by atoms with van der Waals surface area (Å²) in [4.78, 5) is 21.0. The SMILES string of the molecule is COc1ccc(OC)c(-c2cn3c(CCN(CC4CCCO4)C(=O)CCc4ccccc4)csc3n2)c1. The van der Waals surface area contributed by atoms with Crippen molar-refractivity contribution in [3.05, 3.63) is 71.4 Å². The number of ether oxygens (including phenoxy) is 3. The molecule has 0 saturated carbocycles. The van der Waals surface area contributed by atoms with Crippen molar-refractivity contribution in [2.45, 2.75) is 38.2 Å². The number of aromatic nitrogens is 2. The number of fused-ring (bicyclic) bond motifs is 1. The fourth-order valence-corrected chi connectivity index (χ4v) is 5.72. The summed E-state index contributed by atoms with van der Waals surface area (Å²) in [6.45, 7) is 2.08. The van der Waals surface area contributed by atoms with E-state index in [-0.39, 0.29) is 12.0 Å². The van der Waals surface area contributed by atoms with E-state index in [9.17, 15) is 4.79 Å². The maximum atomic E-state index is 13.3. The van der Waals surface area contributed by atoms with Crippen LogP contribution in [0.4, 0.5) is 0 Å². The number of hydrogen-bond acceptors (Lipinski definition) is 6. The summed E-state index contributed by atoms with van der Waals surface area (Å²) < 4.78 is 19.0. The highest BCUT2D eigenvalue weighted by Crippen LogP contribution is 2.34. The second kappa shape index (κ2) is 11.8. The lowest BCUT2D eigenvalue weighted by molar-refractivity contribution is -0.132. The van der Waals surface area contributed by atoms with Crippen molar-refractivity contribution in [3.63, 3.8) is 0 Å².